The van der Waals surface area contributed by atoms with Gasteiger partial charge in [0.1, 0.15) is 6.54 Å². The molecule has 0 atom stereocenters. The van der Waals surface area contributed by atoms with E-state index in [4.69, 9.17) is 0 Å². The van der Waals surface area contributed by atoms with Gasteiger partial charge in [-0.3, -0.25) is 14.4 Å². The summed E-state index contributed by atoms with van der Waals surface area (Å²) in [6.07, 6.45) is 6.05. The number of rotatable bonds is 4. The van der Waals surface area contributed by atoms with E-state index in [-0.39, 0.29) is 12.5 Å². The molecule has 0 unspecified atom stereocenters. The van der Waals surface area contributed by atoms with Crippen molar-refractivity contribution in [3.05, 3.63) is 36.0 Å². The lowest BCUT2D eigenvalue weighted by molar-refractivity contribution is -0.131. The minimum Gasteiger partial charge on any atom is -0.345 e. The first kappa shape index (κ1) is 20.1. The number of hydrogen-bond donors (Lipinski definition) is 1. The zero-order valence-corrected chi connectivity index (χ0v) is 17.0. The standard InChI is InChI=1S/C22H29N3O3/c1-22(2,3)23-21(28)20(27)17-14-25(18-11-7-6-10-16(17)18)15-19(26)24-12-8-4-5-9-13-24/h6-7,10-11,14H,4-5,8-9,12-13,15H2,1-3H3,(H,23,28). The van der Waals surface area contributed by atoms with Crippen molar-refractivity contribution in [2.24, 2.45) is 0 Å². The van der Waals surface area contributed by atoms with Gasteiger partial charge in [-0.05, 0) is 39.7 Å². The average molecular weight is 383 g/mol. The van der Waals surface area contributed by atoms with E-state index in [1.165, 1.54) is 0 Å². The number of ketones is 1. The Morgan fingerprint density at radius 2 is 1.64 bits per heavy atom. The molecule has 6 heteroatoms. The molecule has 0 bridgehead atoms. The van der Waals surface area contributed by atoms with E-state index >= 15 is 0 Å². The molecule has 150 valence electrons. The van der Waals surface area contributed by atoms with Gasteiger partial charge >= 0.3 is 0 Å². The van der Waals surface area contributed by atoms with Gasteiger partial charge in [0.2, 0.25) is 5.91 Å². The van der Waals surface area contributed by atoms with Crippen molar-refractivity contribution in [1.82, 2.24) is 14.8 Å². The summed E-state index contributed by atoms with van der Waals surface area (Å²) in [5.41, 5.74) is 0.631. The molecule has 0 aliphatic carbocycles. The molecular formula is C22H29N3O3. The summed E-state index contributed by atoms with van der Waals surface area (Å²) in [6, 6.07) is 7.41. The van der Waals surface area contributed by atoms with Crippen LogP contribution in [0.4, 0.5) is 0 Å². The number of hydrogen-bond acceptors (Lipinski definition) is 3. The van der Waals surface area contributed by atoms with E-state index in [0.717, 1.165) is 44.3 Å². The fourth-order valence-electron chi connectivity index (χ4n) is 3.64. The van der Waals surface area contributed by atoms with Gasteiger partial charge in [-0.25, -0.2) is 0 Å². The number of carbonyl (C=O) groups is 3. The van der Waals surface area contributed by atoms with Crippen molar-refractivity contribution in [3.63, 3.8) is 0 Å². The second kappa shape index (κ2) is 8.17. The van der Waals surface area contributed by atoms with Crippen LogP contribution in [0.1, 0.15) is 56.8 Å². The SMILES string of the molecule is CC(C)(C)NC(=O)C(=O)c1cn(CC(=O)N2CCCCCC2)c2ccccc12. The monoisotopic (exact) mass is 383 g/mol. The Morgan fingerprint density at radius 3 is 2.29 bits per heavy atom. The van der Waals surface area contributed by atoms with Crippen LogP contribution < -0.4 is 5.32 Å². The molecule has 0 radical (unpaired) electrons. The Bertz CT molecular complexity index is 884. The Morgan fingerprint density at radius 1 is 1.00 bits per heavy atom. The van der Waals surface area contributed by atoms with E-state index in [0.29, 0.717) is 10.9 Å². The summed E-state index contributed by atoms with van der Waals surface area (Å²) in [5.74, 6) is -1.15. The highest BCUT2D eigenvalue weighted by atomic mass is 16.2. The lowest BCUT2D eigenvalue weighted by Crippen LogP contribution is -2.44. The van der Waals surface area contributed by atoms with Crippen molar-refractivity contribution in [3.8, 4) is 0 Å². The van der Waals surface area contributed by atoms with Gasteiger partial charge in [0.25, 0.3) is 11.7 Å². The number of amides is 2. The maximum Gasteiger partial charge on any atom is 0.292 e. The third kappa shape index (κ3) is 4.61. The molecule has 1 N–H and O–H groups in total. The number of nitrogens with one attached hydrogen (secondary N) is 1. The Hall–Kier alpha value is -2.63. The summed E-state index contributed by atoms with van der Waals surface area (Å²) in [7, 11) is 0. The van der Waals surface area contributed by atoms with Gasteiger partial charge in [0.15, 0.2) is 0 Å². The van der Waals surface area contributed by atoms with Crippen LogP contribution >= 0.6 is 0 Å². The molecule has 1 aromatic carbocycles. The van der Waals surface area contributed by atoms with Crippen LogP contribution in [0.15, 0.2) is 30.5 Å². The van der Waals surface area contributed by atoms with Crippen molar-refractivity contribution < 1.29 is 14.4 Å². The number of Topliss-reactive ketones (excluding diaryl/α,β-unsaturated/α-hetero) is 1. The number of carbonyl (C=O) groups excluding carboxylic acids is 3. The molecule has 3 rings (SSSR count). The summed E-state index contributed by atoms with van der Waals surface area (Å²) in [6.45, 7) is 7.26. The predicted octanol–water partition coefficient (Wildman–Crippen LogP) is 3.14. The topological polar surface area (TPSA) is 71.4 Å². The number of nitrogens with zero attached hydrogens (tertiary/aromatic N) is 2. The number of para-hydroxylation sites is 1. The minimum absolute atomic E-state index is 0.0563. The summed E-state index contributed by atoms with van der Waals surface area (Å²) in [5, 5.41) is 3.41. The van der Waals surface area contributed by atoms with Gasteiger partial charge in [-0.1, -0.05) is 31.0 Å². The summed E-state index contributed by atoms with van der Waals surface area (Å²) < 4.78 is 1.79. The second-order valence-electron chi connectivity index (χ2n) is 8.52. The van der Waals surface area contributed by atoms with Crippen LogP contribution in [-0.2, 0) is 16.1 Å². The van der Waals surface area contributed by atoms with Gasteiger partial charge in [-0.2, -0.15) is 0 Å². The molecule has 2 heterocycles. The van der Waals surface area contributed by atoms with Crippen LogP contribution in [-0.4, -0.2) is 45.7 Å². The van der Waals surface area contributed by atoms with Crippen LogP contribution in [0.3, 0.4) is 0 Å². The van der Waals surface area contributed by atoms with E-state index in [1.54, 1.807) is 10.8 Å². The molecule has 6 nitrogen and oxygen atoms in total. The minimum atomic E-state index is -0.630. The maximum absolute atomic E-state index is 12.8. The lowest BCUT2D eigenvalue weighted by atomic mass is 10.1. The third-order valence-electron chi connectivity index (χ3n) is 4.99. The molecule has 2 amide bonds. The number of likely N-dealkylation sites (tertiary alicyclic amines) is 1. The van der Waals surface area contributed by atoms with Crippen LogP contribution in [0.25, 0.3) is 10.9 Å². The van der Waals surface area contributed by atoms with Crippen molar-refractivity contribution >= 4 is 28.5 Å². The van der Waals surface area contributed by atoms with E-state index in [2.05, 4.69) is 5.32 Å². The highest BCUT2D eigenvalue weighted by molar-refractivity contribution is 6.45. The first-order chi connectivity index (χ1) is 13.3. The highest BCUT2D eigenvalue weighted by Crippen LogP contribution is 2.23. The summed E-state index contributed by atoms with van der Waals surface area (Å²) >= 11 is 0. The Balaban J connectivity index is 1.87. The number of fused-ring (bicyclic) bond motifs is 1. The molecule has 1 aromatic heterocycles. The molecule has 1 saturated heterocycles. The van der Waals surface area contributed by atoms with Gasteiger partial charge in [0.05, 0.1) is 5.56 Å². The number of benzene rings is 1. The van der Waals surface area contributed by atoms with Crippen LogP contribution in [0, 0.1) is 0 Å². The van der Waals surface area contributed by atoms with Gasteiger partial charge < -0.3 is 14.8 Å². The third-order valence-corrected chi connectivity index (χ3v) is 4.99. The molecule has 0 saturated carbocycles. The number of aromatic nitrogens is 1. The molecule has 2 aromatic rings. The fraction of sp³-hybridized carbons (Fsp3) is 0.500. The molecule has 1 aliphatic heterocycles. The molecule has 1 fully saturated rings. The molecule has 28 heavy (non-hydrogen) atoms. The van der Waals surface area contributed by atoms with Gasteiger partial charge in [-0.15, -0.1) is 0 Å². The zero-order valence-electron chi connectivity index (χ0n) is 17.0. The Labute approximate surface area is 165 Å². The van der Waals surface area contributed by atoms with E-state index in [9.17, 15) is 14.4 Å². The normalized spacial score (nSPS) is 15.3. The second-order valence-corrected chi connectivity index (χ2v) is 8.52. The van der Waals surface area contributed by atoms with Crippen molar-refractivity contribution in [1.29, 1.82) is 0 Å². The van der Waals surface area contributed by atoms with Crippen LogP contribution in [0.5, 0.6) is 0 Å². The van der Waals surface area contributed by atoms with Crippen LogP contribution in [0.2, 0.25) is 0 Å². The smallest absolute Gasteiger partial charge is 0.292 e. The maximum atomic E-state index is 12.8. The van der Waals surface area contributed by atoms with Crippen molar-refractivity contribution in [2.45, 2.75) is 58.5 Å². The van der Waals surface area contributed by atoms with E-state index < -0.39 is 17.2 Å². The zero-order chi connectivity index (χ0) is 20.3. The largest absolute Gasteiger partial charge is 0.345 e. The Kier molecular flexibility index (Phi) is 5.87. The molecular weight excluding hydrogens is 354 g/mol. The fourth-order valence-corrected chi connectivity index (χ4v) is 3.64. The first-order valence-electron chi connectivity index (χ1n) is 9.99. The molecule has 1 aliphatic rings. The van der Waals surface area contributed by atoms with E-state index in [1.807, 2.05) is 49.9 Å². The highest BCUT2D eigenvalue weighted by Gasteiger charge is 2.25. The average Bonchev–Trinajstić information content (AvgIpc) is 2.81. The van der Waals surface area contributed by atoms with Crippen molar-refractivity contribution in [2.75, 3.05) is 13.1 Å². The predicted molar refractivity (Wildman–Crippen MR) is 109 cm³/mol. The lowest BCUT2D eigenvalue weighted by Gasteiger charge is -2.20. The first-order valence-corrected chi connectivity index (χ1v) is 9.99. The van der Waals surface area contributed by atoms with Gasteiger partial charge in [0, 0.05) is 35.7 Å². The summed E-state index contributed by atoms with van der Waals surface area (Å²) in [4.78, 5) is 39.9. The quantitative estimate of drug-likeness (QED) is 0.651. The molecule has 0 spiro atoms.